The van der Waals surface area contributed by atoms with E-state index in [0.717, 1.165) is 58.9 Å². The molecule has 3 aliphatic rings. The maximum atomic E-state index is 13.8. The van der Waals surface area contributed by atoms with Crippen LogP contribution in [0, 0.1) is 5.92 Å². The monoisotopic (exact) mass is 562 g/mol. The van der Waals surface area contributed by atoms with Crippen molar-refractivity contribution in [3.63, 3.8) is 0 Å². The van der Waals surface area contributed by atoms with Crippen LogP contribution < -0.4 is 15.1 Å². The third-order valence-corrected chi connectivity index (χ3v) is 9.37. The van der Waals surface area contributed by atoms with Crippen LogP contribution in [0.3, 0.4) is 0 Å². The molecule has 2 fully saturated rings. The summed E-state index contributed by atoms with van der Waals surface area (Å²) in [6, 6.07) is 20.6. The van der Waals surface area contributed by atoms with Gasteiger partial charge in [-0.25, -0.2) is 4.98 Å². The highest BCUT2D eigenvalue weighted by atomic mass is 32.1. The lowest BCUT2D eigenvalue weighted by Gasteiger charge is -2.33. The van der Waals surface area contributed by atoms with Gasteiger partial charge in [0.05, 0.1) is 16.1 Å². The molecule has 2 amide bonds. The summed E-state index contributed by atoms with van der Waals surface area (Å²) in [5.74, 6) is 1.19. The summed E-state index contributed by atoms with van der Waals surface area (Å²) < 4.78 is 0. The third kappa shape index (κ3) is 5.04. The van der Waals surface area contributed by atoms with Gasteiger partial charge >= 0.3 is 0 Å². The number of benzene rings is 2. The van der Waals surface area contributed by atoms with Gasteiger partial charge in [0.2, 0.25) is 0 Å². The zero-order valence-electron chi connectivity index (χ0n) is 22.6. The molecule has 1 saturated carbocycles. The minimum Gasteiger partial charge on any atom is -0.356 e. The van der Waals surface area contributed by atoms with Gasteiger partial charge in [-0.2, -0.15) is 0 Å². The summed E-state index contributed by atoms with van der Waals surface area (Å²) in [6.45, 7) is 2.33. The minimum atomic E-state index is -0.221. The van der Waals surface area contributed by atoms with Crippen LogP contribution in [0.1, 0.15) is 61.6 Å². The maximum absolute atomic E-state index is 13.8. The fourth-order valence-corrected chi connectivity index (χ4v) is 6.73. The van der Waals surface area contributed by atoms with Gasteiger partial charge in [-0.1, -0.05) is 18.2 Å². The van der Waals surface area contributed by atoms with Crippen molar-refractivity contribution in [3.05, 3.63) is 94.5 Å². The summed E-state index contributed by atoms with van der Waals surface area (Å²) >= 11 is 1.56. The number of pyridine rings is 1. The SMILES string of the molecule is O=C(CC1CC1)c1cc2c(s1)-c1ccccc1N(C(=O)c1ccc(NC(=O)c3cccnc3N3CCC3)cc1)CC2. The van der Waals surface area contributed by atoms with Crippen LogP contribution in [-0.2, 0) is 6.42 Å². The largest absolute Gasteiger partial charge is 0.356 e. The second kappa shape index (κ2) is 10.6. The molecule has 41 heavy (non-hydrogen) atoms. The Labute approximate surface area is 242 Å². The number of hydrogen-bond acceptors (Lipinski definition) is 6. The molecule has 1 aliphatic carbocycles. The Balaban J connectivity index is 1.09. The average molecular weight is 563 g/mol. The van der Waals surface area contributed by atoms with Crippen molar-refractivity contribution in [1.29, 1.82) is 0 Å². The summed E-state index contributed by atoms with van der Waals surface area (Å²) in [4.78, 5) is 49.9. The van der Waals surface area contributed by atoms with Crippen LogP contribution in [-0.4, -0.2) is 42.2 Å². The lowest BCUT2D eigenvalue weighted by Crippen LogP contribution is -2.39. The average Bonchev–Trinajstić information content (AvgIpc) is 3.71. The number of anilines is 3. The van der Waals surface area contributed by atoms with Gasteiger partial charge in [0.1, 0.15) is 5.82 Å². The van der Waals surface area contributed by atoms with Crippen molar-refractivity contribution in [1.82, 2.24) is 4.98 Å². The number of Topliss-reactive ketones (excluding diaryl/α,β-unsaturated/α-hetero) is 1. The number of amides is 2. The molecule has 0 radical (unpaired) electrons. The molecular formula is C33H30N4O3S. The lowest BCUT2D eigenvalue weighted by molar-refractivity contribution is 0.0974. The highest BCUT2D eigenvalue weighted by Gasteiger charge is 2.30. The first-order chi connectivity index (χ1) is 20.0. The Kier molecular flexibility index (Phi) is 6.63. The second-order valence-corrected chi connectivity index (χ2v) is 12.1. The smallest absolute Gasteiger partial charge is 0.259 e. The van der Waals surface area contributed by atoms with Crippen molar-refractivity contribution < 1.29 is 14.4 Å². The van der Waals surface area contributed by atoms with Gasteiger partial charge in [-0.15, -0.1) is 11.3 Å². The topological polar surface area (TPSA) is 82.6 Å². The van der Waals surface area contributed by atoms with Crippen LogP contribution >= 0.6 is 11.3 Å². The second-order valence-electron chi connectivity index (χ2n) is 11.0. The van der Waals surface area contributed by atoms with Gasteiger partial charge in [0.25, 0.3) is 11.8 Å². The van der Waals surface area contributed by atoms with Crippen molar-refractivity contribution in [2.75, 3.05) is 34.8 Å². The number of ketones is 1. The van der Waals surface area contributed by atoms with E-state index in [1.807, 2.05) is 35.2 Å². The van der Waals surface area contributed by atoms with E-state index in [9.17, 15) is 14.4 Å². The molecule has 206 valence electrons. The molecule has 2 aliphatic heterocycles. The quantitative estimate of drug-likeness (QED) is 0.262. The molecule has 0 atom stereocenters. The first-order valence-corrected chi connectivity index (χ1v) is 15.1. The lowest BCUT2D eigenvalue weighted by atomic mass is 10.1. The standard InChI is InChI=1S/C33H30N4O3S/c38-28(19-21-8-9-21)29-20-23-14-18-37(27-7-2-1-5-25(27)30(23)41-29)33(40)22-10-12-24(13-11-22)35-32(39)26-6-3-15-34-31(26)36-16-4-17-36/h1-3,5-7,10-13,15,20-21H,4,8-9,14,16-19H2,(H,35,39). The summed E-state index contributed by atoms with van der Waals surface area (Å²) in [6.07, 6.45) is 6.45. The number of aromatic nitrogens is 1. The zero-order chi connectivity index (χ0) is 27.9. The van der Waals surface area contributed by atoms with Crippen LogP contribution in [0.2, 0.25) is 0 Å². The molecule has 4 heterocycles. The fraction of sp³-hybridized carbons (Fsp3) is 0.273. The van der Waals surface area contributed by atoms with E-state index in [4.69, 9.17) is 0 Å². The zero-order valence-corrected chi connectivity index (χ0v) is 23.5. The molecule has 7 rings (SSSR count). The molecular weight excluding hydrogens is 532 g/mol. The Morgan fingerprint density at radius 2 is 1.76 bits per heavy atom. The Morgan fingerprint density at radius 1 is 0.951 bits per heavy atom. The highest BCUT2D eigenvalue weighted by molar-refractivity contribution is 7.17. The number of thiophene rings is 1. The molecule has 0 spiro atoms. The number of carbonyl (C=O) groups excluding carboxylic acids is 3. The van der Waals surface area contributed by atoms with E-state index in [2.05, 4.69) is 15.2 Å². The summed E-state index contributed by atoms with van der Waals surface area (Å²) in [5, 5.41) is 2.95. The molecule has 7 nitrogen and oxygen atoms in total. The number of carbonyl (C=O) groups is 3. The van der Waals surface area contributed by atoms with E-state index in [1.54, 1.807) is 53.9 Å². The van der Waals surface area contributed by atoms with E-state index >= 15 is 0 Å². The van der Waals surface area contributed by atoms with E-state index in [1.165, 1.54) is 0 Å². The van der Waals surface area contributed by atoms with Crippen LogP contribution in [0.5, 0.6) is 0 Å². The number of para-hydroxylation sites is 1. The van der Waals surface area contributed by atoms with E-state index in [0.29, 0.717) is 47.9 Å². The van der Waals surface area contributed by atoms with Crippen molar-refractivity contribution in [3.8, 4) is 10.4 Å². The van der Waals surface area contributed by atoms with Crippen LogP contribution in [0.15, 0.2) is 72.9 Å². The van der Waals surface area contributed by atoms with Gasteiger partial charge in [-0.05, 0) is 85.7 Å². The summed E-state index contributed by atoms with van der Waals surface area (Å²) in [5.41, 5.74) is 4.67. The van der Waals surface area contributed by atoms with Crippen LogP contribution in [0.25, 0.3) is 10.4 Å². The third-order valence-electron chi connectivity index (χ3n) is 8.12. The van der Waals surface area contributed by atoms with Gasteiger partial charge in [-0.3, -0.25) is 14.4 Å². The van der Waals surface area contributed by atoms with Crippen molar-refractivity contribution in [2.45, 2.75) is 32.1 Å². The van der Waals surface area contributed by atoms with Crippen molar-refractivity contribution >= 4 is 46.1 Å². The number of nitrogens with zero attached hydrogens (tertiary/aromatic N) is 3. The molecule has 1 saturated heterocycles. The summed E-state index contributed by atoms with van der Waals surface area (Å²) in [7, 11) is 0. The Bertz CT molecular complexity index is 1650. The predicted octanol–water partition coefficient (Wildman–Crippen LogP) is 6.46. The fourth-order valence-electron chi connectivity index (χ4n) is 5.53. The normalized spacial score (nSPS) is 15.8. The maximum Gasteiger partial charge on any atom is 0.259 e. The number of hydrogen-bond donors (Lipinski definition) is 1. The first-order valence-electron chi connectivity index (χ1n) is 14.2. The molecule has 2 aromatic carbocycles. The van der Waals surface area contributed by atoms with Crippen LogP contribution in [0.4, 0.5) is 17.2 Å². The molecule has 8 heteroatoms. The van der Waals surface area contributed by atoms with Gasteiger partial charge in [0.15, 0.2) is 5.78 Å². The molecule has 1 N–H and O–H groups in total. The van der Waals surface area contributed by atoms with E-state index in [-0.39, 0.29) is 17.6 Å². The minimum absolute atomic E-state index is 0.0946. The molecule has 0 unspecified atom stereocenters. The number of rotatable bonds is 7. The number of nitrogens with one attached hydrogen (secondary N) is 1. The van der Waals surface area contributed by atoms with Gasteiger partial charge in [0, 0.05) is 53.9 Å². The Morgan fingerprint density at radius 3 is 2.51 bits per heavy atom. The number of fused-ring (bicyclic) bond motifs is 3. The first kappa shape index (κ1) is 25.7. The van der Waals surface area contributed by atoms with Crippen molar-refractivity contribution in [2.24, 2.45) is 5.92 Å². The van der Waals surface area contributed by atoms with Gasteiger partial charge < -0.3 is 15.1 Å². The predicted molar refractivity (Wildman–Crippen MR) is 162 cm³/mol. The molecule has 0 bridgehead atoms. The molecule has 4 aromatic rings. The highest BCUT2D eigenvalue weighted by Crippen LogP contribution is 2.43. The Hall–Kier alpha value is -4.30. The molecule has 2 aromatic heterocycles. The van der Waals surface area contributed by atoms with E-state index < -0.39 is 0 Å².